The van der Waals surface area contributed by atoms with E-state index in [1.807, 2.05) is 0 Å². The standard InChI is InChI=1S/C11H20O2/c1-11(2,3)13-10-6-4-9(8-12)5-7-10/h8-10H,4-7H2,1-3H3. The number of carbonyl (C=O) groups excluding carboxylic acids is 1. The summed E-state index contributed by atoms with van der Waals surface area (Å²) in [5.74, 6) is 0.291. The van der Waals surface area contributed by atoms with Crippen molar-refractivity contribution >= 4 is 6.29 Å². The quantitative estimate of drug-likeness (QED) is 0.616. The molecule has 1 fully saturated rings. The van der Waals surface area contributed by atoms with Gasteiger partial charge in [0.2, 0.25) is 0 Å². The highest BCUT2D eigenvalue weighted by Gasteiger charge is 2.24. The van der Waals surface area contributed by atoms with E-state index in [0.29, 0.717) is 12.0 Å². The van der Waals surface area contributed by atoms with Crippen LogP contribution in [-0.4, -0.2) is 18.0 Å². The third-order valence-corrected chi connectivity index (χ3v) is 2.43. The molecule has 0 aromatic carbocycles. The van der Waals surface area contributed by atoms with E-state index in [-0.39, 0.29) is 5.60 Å². The van der Waals surface area contributed by atoms with E-state index in [4.69, 9.17) is 4.74 Å². The Balaban J connectivity index is 2.29. The molecule has 0 unspecified atom stereocenters. The lowest BCUT2D eigenvalue weighted by molar-refractivity contribution is -0.115. The topological polar surface area (TPSA) is 26.3 Å². The number of hydrogen-bond donors (Lipinski definition) is 0. The van der Waals surface area contributed by atoms with Gasteiger partial charge in [-0.25, -0.2) is 0 Å². The first-order valence-corrected chi connectivity index (χ1v) is 5.14. The Morgan fingerprint density at radius 2 is 1.69 bits per heavy atom. The molecule has 0 aromatic heterocycles. The second-order valence-electron chi connectivity index (χ2n) is 4.90. The van der Waals surface area contributed by atoms with Gasteiger partial charge in [-0.2, -0.15) is 0 Å². The van der Waals surface area contributed by atoms with Crippen molar-refractivity contribution < 1.29 is 9.53 Å². The van der Waals surface area contributed by atoms with Crippen molar-refractivity contribution in [2.45, 2.75) is 58.2 Å². The van der Waals surface area contributed by atoms with Gasteiger partial charge in [-0.3, -0.25) is 0 Å². The van der Waals surface area contributed by atoms with Crippen molar-refractivity contribution in [2.24, 2.45) is 5.92 Å². The summed E-state index contributed by atoms with van der Waals surface area (Å²) in [6.07, 6.45) is 5.56. The lowest BCUT2D eigenvalue weighted by Crippen LogP contribution is -2.30. The number of carbonyl (C=O) groups is 1. The SMILES string of the molecule is CC(C)(C)OC1CCC(C=O)CC1. The molecule has 0 heterocycles. The molecule has 1 aliphatic rings. The lowest BCUT2D eigenvalue weighted by atomic mass is 9.88. The van der Waals surface area contributed by atoms with Crippen LogP contribution in [0.4, 0.5) is 0 Å². The van der Waals surface area contributed by atoms with Gasteiger partial charge in [-0.1, -0.05) is 0 Å². The molecule has 0 atom stereocenters. The fraction of sp³-hybridized carbons (Fsp3) is 0.909. The van der Waals surface area contributed by atoms with E-state index in [9.17, 15) is 4.79 Å². The van der Waals surface area contributed by atoms with Gasteiger partial charge in [0.05, 0.1) is 11.7 Å². The predicted octanol–water partition coefficient (Wildman–Crippen LogP) is 2.56. The summed E-state index contributed by atoms with van der Waals surface area (Å²) < 4.78 is 5.86. The van der Waals surface area contributed by atoms with E-state index >= 15 is 0 Å². The Morgan fingerprint density at radius 1 is 1.15 bits per heavy atom. The maximum absolute atomic E-state index is 10.5. The molecule has 0 amide bonds. The zero-order valence-corrected chi connectivity index (χ0v) is 8.88. The van der Waals surface area contributed by atoms with E-state index in [0.717, 1.165) is 32.0 Å². The molecule has 0 aromatic rings. The first-order valence-electron chi connectivity index (χ1n) is 5.14. The largest absolute Gasteiger partial charge is 0.373 e. The summed E-state index contributed by atoms with van der Waals surface area (Å²) in [6, 6.07) is 0. The maximum atomic E-state index is 10.5. The Labute approximate surface area is 80.7 Å². The minimum absolute atomic E-state index is 0.0430. The van der Waals surface area contributed by atoms with E-state index in [2.05, 4.69) is 20.8 Å². The van der Waals surface area contributed by atoms with Crippen molar-refractivity contribution in [1.29, 1.82) is 0 Å². The average molecular weight is 184 g/mol. The van der Waals surface area contributed by atoms with Crippen molar-refractivity contribution in [2.75, 3.05) is 0 Å². The van der Waals surface area contributed by atoms with E-state index in [1.165, 1.54) is 0 Å². The summed E-state index contributed by atoms with van der Waals surface area (Å²) >= 11 is 0. The molecule has 0 spiro atoms. The molecule has 1 rings (SSSR count). The third-order valence-electron chi connectivity index (χ3n) is 2.43. The van der Waals surface area contributed by atoms with Crippen LogP contribution in [0, 0.1) is 5.92 Å². The van der Waals surface area contributed by atoms with Crippen LogP contribution < -0.4 is 0 Å². The second kappa shape index (κ2) is 4.23. The van der Waals surface area contributed by atoms with Crippen LogP contribution in [0.2, 0.25) is 0 Å². The Bertz CT molecular complexity index is 161. The van der Waals surface area contributed by atoms with Gasteiger partial charge in [-0.05, 0) is 46.5 Å². The Kier molecular flexibility index (Phi) is 3.48. The molecule has 2 nitrogen and oxygen atoms in total. The van der Waals surface area contributed by atoms with Gasteiger partial charge in [0.25, 0.3) is 0 Å². The summed E-state index contributed by atoms with van der Waals surface area (Å²) in [5.41, 5.74) is -0.0430. The highest BCUT2D eigenvalue weighted by atomic mass is 16.5. The molecule has 0 saturated heterocycles. The average Bonchev–Trinajstić information content (AvgIpc) is 2.03. The first-order chi connectivity index (χ1) is 6.01. The molecule has 0 bridgehead atoms. The van der Waals surface area contributed by atoms with Gasteiger partial charge < -0.3 is 9.53 Å². The molecule has 0 aliphatic heterocycles. The van der Waals surface area contributed by atoms with Crippen LogP contribution in [0.5, 0.6) is 0 Å². The van der Waals surface area contributed by atoms with Gasteiger partial charge in [0, 0.05) is 5.92 Å². The summed E-state index contributed by atoms with van der Waals surface area (Å²) in [6.45, 7) is 6.25. The van der Waals surface area contributed by atoms with E-state index < -0.39 is 0 Å². The Hall–Kier alpha value is -0.370. The normalized spacial score (nSPS) is 30.1. The van der Waals surface area contributed by atoms with Crippen molar-refractivity contribution in [3.05, 3.63) is 0 Å². The molecular weight excluding hydrogens is 164 g/mol. The fourth-order valence-electron chi connectivity index (χ4n) is 1.84. The third kappa shape index (κ3) is 3.90. The zero-order chi connectivity index (χ0) is 9.90. The summed E-state index contributed by atoms with van der Waals surface area (Å²) in [4.78, 5) is 10.5. The second-order valence-corrected chi connectivity index (χ2v) is 4.90. The number of ether oxygens (including phenoxy) is 1. The van der Waals surface area contributed by atoms with Crippen LogP contribution in [0.25, 0.3) is 0 Å². The van der Waals surface area contributed by atoms with Crippen LogP contribution >= 0.6 is 0 Å². The van der Waals surface area contributed by atoms with Crippen LogP contribution in [0.1, 0.15) is 46.5 Å². The molecule has 13 heavy (non-hydrogen) atoms. The smallest absolute Gasteiger partial charge is 0.123 e. The minimum Gasteiger partial charge on any atom is -0.373 e. The van der Waals surface area contributed by atoms with Crippen molar-refractivity contribution in [3.63, 3.8) is 0 Å². The Morgan fingerprint density at radius 3 is 2.08 bits per heavy atom. The van der Waals surface area contributed by atoms with Crippen LogP contribution in [0.3, 0.4) is 0 Å². The minimum atomic E-state index is -0.0430. The first kappa shape index (κ1) is 10.7. The maximum Gasteiger partial charge on any atom is 0.123 e. The van der Waals surface area contributed by atoms with Crippen molar-refractivity contribution in [3.8, 4) is 0 Å². The van der Waals surface area contributed by atoms with Crippen LogP contribution in [-0.2, 0) is 9.53 Å². The highest BCUT2D eigenvalue weighted by Crippen LogP contribution is 2.27. The van der Waals surface area contributed by atoms with Gasteiger partial charge in [-0.15, -0.1) is 0 Å². The van der Waals surface area contributed by atoms with Gasteiger partial charge in [0.15, 0.2) is 0 Å². The summed E-state index contributed by atoms with van der Waals surface area (Å²) in [7, 11) is 0. The molecule has 1 saturated carbocycles. The monoisotopic (exact) mass is 184 g/mol. The number of rotatable bonds is 2. The molecular formula is C11H20O2. The van der Waals surface area contributed by atoms with Gasteiger partial charge in [0.1, 0.15) is 6.29 Å². The predicted molar refractivity (Wildman–Crippen MR) is 52.6 cm³/mol. The molecule has 1 aliphatic carbocycles. The van der Waals surface area contributed by atoms with Gasteiger partial charge >= 0.3 is 0 Å². The number of aldehydes is 1. The molecule has 2 heteroatoms. The van der Waals surface area contributed by atoms with Crippen molar-refractivity contribution in [1.82, 2.24) is 0 Å². The highest BCUT2D eigenvalue weighted by molar-refractivity contribution is 5.53. The fourth-order valence-corrected chi connectivity index (χ4v) is 1.84. The molecule has 76 valence electrons. The van der Waals surface area contributed by atoms with E-state index in [1.54, 1.807) is 0 Å². The zero-order valence-electron chi connectivity index (χ0n) is 8.88. The number of hydrogen-bond acceptors (Lipinski definition) is 2. The summed E-state index contributed by atoms with van der Waals surface area (Å²) in [5, 5.41) is 0. The lowest BCUT2D eigenvalue weighted by Gasteiger charge is -2.31. The molecule has 0 radical (unpaired) electrons. The van der Waals surface area contributed by atoms with Crippen LogP contribution in [0.15, 0.2) is 0 Å². The molecule has 0 N–H and O–H groups in total.